The van der Waals surface area contributed by atoms with Gasteiger partial charge in [-0.2, -0.15) is 0 Å². The van der Waals surface area contributed by atoms with E-state index >= 15 is 0 Å². The van der Waals surface area contributed by atoms with Crippen molar-refractivity contribution >= 4 is 43.5 Å². The number of fused-ring (bicyclic) bond motifs is 7. The number of rotatable bonds is 4. The summed E-state index contributed by atoms with van der Waals surface area (Å²) in [5.41, 5.74) is 4.63. The second-order valence-corrected chi connectivity index (χ2v) is 12.3. The molecule has 2 aromatic heterocycles. The molecule has 0 aliphatic heterocycles. The summed E-state index contributed by atoms with van der Waals surface area (Å²) in [5.74, 6) is -0.529. The Hall–Kier alpha value is -6.91. The first-order valence-electron chi connectivity index (χ1n) is 21.8. The molecular weight excluding hydrogens is 623 g/mol. The van der Waals surface area contributed by atoms with Gasteiger partial charge in [-0.15, -0.1) is 0 Å². The van der Waals surface area contributed by atoms with Crippen LogP contribution < -0.4 is 0 Å². The van der Waals surface area contributed by atoms with Gasteiger partial charge in [-0.3, -0.25) is 0 Å². The molecule has 51 heavy (non-hydrogen) atoms. The van der Waals surface area contributed by atoms with E-state index < -0.39 is 60.4 Å². The van der Waals surface area contributed by atoms with Crippen molar-refractivity contribution in [3.63, 3.8) is 0 Å². The fourth-order valence-electron chi connectivity index (χ4n) is 7.28. The number of furan rings is 1. The molecule has 1 aliphatic rings. The highest BCUT2D eigenvalue weighted by Crippen LogP contribution is 2.50. The smallest absolute Gasteiger partial charge is 0.164 e. The molecule has 11 rings (SSSR count). The highest BCUT2D eigenvalue weighted by Gasteiger charge is 2.25. The molecule has 0 fully saturated rings. The average Bonchev–Trinajstić information content (AvgIpc) is 3.84. The van der Waals surface area contributed by atoms with E-state index in [-0.39, 0.29) is 62.1 Å². The van der Waals surface area contributed by atoms with Crippen LogP contribution in [0.1, 0.15) is 15.1 Å². The summed E-state index contributed by atoms with van der Waals surface area (Å²) >= 11 is 0. The van der Waals surface area contributed by atoms with Gasteiger partial charge in [-0.1, -0.05) is 139 Å². The molecule has 0 radical (unpaired) electrons. The summed E-state index contributed by atoms with van der Waals surface area (Å²) < 4.78 is 104. The van der Waals surface area contributed by atoms with Crippen LogP contribution in [0.2, 0.25) is 0 Å². The van der Waals surface area contributed by atoms with Crippen LogP contribution in [-0.4, -0.2) is 15.0 Å². The lowest BCUT2D eigenvalue weighted by Crippen LogP contribution is -2.00. The molecule has 0 atom stereocenters. The zero-order valence-electron chi connectivity index (χ0n) is 37.5. The van der Waals surface area contributed by atoms with E-state index in [1.165, 1.54) is 0 Å². The molecule has 4 heteroatoms. The monoisotopic (exact) mass is 660 g/mol. The first-order chi connectivity index (χ1) is 29.8. The van der Waals surface area contributed by atoms with E-state index in [1.807, 2.05) is 78.9 Å². The van der Waals surface area contributed by atoms with Crippen LogP contribution in [0.15, 0.2) is 168 Å². The number of para-hydroxylation sites is 1. The fourth-order valence-corrected chi connectivity index (χ4v) is 7.28. The van der Waals surface area contributed by atoms with Gasteiger partial charge in [0.2, 0.25) is 0 Å². The summed E-state index contributed by atoms with van der Waals surface area (Å²) in [6.45, 7) is 0. The summed E-state index contributed by atoms with van der Waals surface area (Å²) in [4.78, 5) is 14.2. The molecule has 10 aromatic rings. The van der Waals surface area contributed by atoms with E-state index in [9.17, 15) is 4.11 Å². The van der Waals surface area contributed by atoms with Gasteiger partial charge in [0, 0.05) is 33.0 Å². The molecule has 2 heterocycles. The van der Waals surface area contributed by atoms with Crippen LogP contribution in [0, 0.1) is 0 Å². The Bertz CT molecular complexity index is 3620. The normalized spacial score (nSPS) is 14.9. The largest absolute Gasteiger partial charge is 0.455 e. The maximum Gasteiger partial charge on any atom is 0.164 e. The van der Waals surface area contributed by atoms with Gasteiger partial charge in [0.25, 0.3) is 0 Å². The Morgan fingerprint density at radius 2 is 1.08 bits per heavy atom. The van der Waals surface area contributed by atoms with E-state index in [0.717, 1.165) is 43.8 Å². The highest BCUT2D eigenvalue weighted by molar-refractivity contribution is 6.22. The maximum absolute atomic E-state index is 9.81. The molecular formula is C47H27N3O. The van der Waals surface area contributed by atoms with Crippen molar-refractivity contribution in [2.75, 3.05) is 0 Å². The minimum atomic E-state index is -0.609. The van der Waals surface area contributed by atoms with Crippen molar-refractivity contribution in [3.05, 3.63) is 164 Å². The second-order valence-electron chi connectivity index (χ2n) is 12.3. The molecule has 1 aliphatic carbocycles. The average molecular weight is 661 g/mol. The topological polar surface area (TPSA) is 51.8 Å². The first kappa shape index (κ1) is 19.3. The van der Waals surface area contributed by atoms with Crippen molar-refractivity contribution in [3.8, 4) is 67.5 Å². The van der Waals surface area contributed by atoms with Crippen LogP contribution >= 0.6 is 0 Å². The number of hydrogen-bond acceptors (Lipinski definition) is 4. The standard InChI is InChI=1S/C47H27N3O/c1-2-12-29(13-3-1)45-48-46(31-22-21-28-11-4-5-14-30(28)27-31)50-47(49-45)40-26-25-38(44-43(40)39-17-8-9-20-41(39)51-44)34-23-24-37-33-16-7-6-15-32(33)35-18-10-19-36(34)42(35)37/h1-27H/i1D,2D,3D,8D,9D,12D,13D,17D,20D,25D,26D. The highest BCUT2D eigenvalue weighted by atomic mass is 16.3. The second kappa shape index (κ2) is 10.8. The van der Waals surface area contributed by atoms with Crippen LogP contribution in [0.4, 0.5) is 0 Å². The third-order valence-corrected chi connectivity index (χ3v) is 9.53. The summed E-state index contributed by atoms with van der Waals surface area (Å²) in [6.07, 6.45) is 0. The van der Waals surface area contributed by atoms with Crippen LogP contribution in [0.5, 0.6) is 0 Å². The molecule has 0 amide bonds. The van der Waals surface area contributed by atoms with E-state index in [0.29, 0.717) is 11.1 Å². The minimum absolute atomic E-state index is 0.00348. The molecule has 4 nitrogen and oxygen atoms in total. The molecule has 236 valence electrons. The Morgan fingerprint density at radius 1 is 0.412 bits per heavy atom. The SMILES string of the molecule is [2H]c1c([2H])c([2H])c(-c2nc(-c3ccc4ccccc4c3)nc(-c3c([2H])c([2H])c(-c4ccc5c6c(cccc46)-c4ccccc4-5)c4oc5c([2H])c([2H])c([2H])c([2H])c5c34)n2)c([2H])c1[2H]. The van der Waals surface area contributed by atoms with Gasteiger partial charge in [0.05, 0.1) is 15.1 Å². The van der Waals surface area contributed by atoms with Crippen molar-refractivity contribution in [2.24, 2.45) is 0 Å². The van der Waals surface area contributed by atoms with Gasteiger partial charge in [0.15, 0.2) is 17.5 Å². The fraction of sp³-hybridized carbons (Fsp3) is 0. The number of benzene rings is 8. The summed E-state index contributed by atoms with van der Waals surface area (Å²) in [7, 11) is 0. The maximum atomic E-state index is 9.81. The lowest BCUT2D eigenvalue weighted by Gasteiger charge is -2.13. The molecule has 8 aromatic carbocycles. The quantitative estimate of drug-likeness (QED) is 0.188. The number of aromatic nitrogens is 3. The van der Waals surface area contributed by atoms with Crippen LogP contribution in [0.3, 0.4) is 0 Å². The lowest BCUT2D eigenvalue weighted by atomic mass is 9.92. The number of nitrogens with zero attached hydrogens (tertiary/aromatic N) is 3. The molecule has 0 saturated carbocycles. The zero-order chi connectivity index (χ0) is 43.0. The molecule has 0 unspecified atom stereocenters. The van der Waals surface area contributed by atoms with E-state index in [2.05, 4.69) is 17.1 Å². The molecule has 0 bridgehead atoms. The predicted octanol–water partition coefficient (Wildman–Crippen LogP) is 12.4. The zero-order valence-corrected chi connectivity index (χ0v) is 26.5. The summed E-state index contributed by atoms with van der Waals surface area (Å²) in [5, 5.41) is 3.44. The first-order valence-corrected chi connectivity index (χ1v) is 16.3. The minimum Gasteiger partial charge on any atom is -0.455 e. The molecule has 0 spiro atoms. The van der Waals surface area contributed by atoms with Gasteiger partial charge in [-0.25, -0.2) is 15.0 Å². The van der Waals surface area contributed by atoms with Crippen molar-refractivity contribution in [2.45, 2.75) is 0 Å². The molecule has 0 saturated heterocycles. The van der Waals surface area contributed by atoms with Crippen molar-refractivity contribution in [1.82, 2.24) is 15.0 Å². The molecule has 0 N–H and O–H groups in total. The third kappa shape index (κ3) is 4.23. The van der Waals surface area contributed by atoms with Gasteiger partial charge in [0.1, 0.15) is 11.2 Å². The van der Waals surface area contributed by atoms with Crippen LogP contribution in [-0.2, 0) is 0 Å². The Balaban J connectivity index is 1.28. The van der Waals surface area contributed by atoms with E-state index in [4.69, 9.17) is 25.4 Å². The Morgan fingerprint density at radius 3 is 1.94 bits per heavy atom. The van der Waals surface area contributed by atoms with Gasteiger partial charge >= 0.3 is 0 Å². The summed E-state index contributed by atoms with van der Waals surface area (Å²) in [6, 6.07) is 25.1. The predicted molar refractivity (Wildman–Crippen MR) is 208 cm³/mol. The van der Waals surface area contributed by atoms with Crippen molar-refractivity contribution < 1.29 is 19.5 Å². The van der Waals surface area contributed by atoms with E-state index in [1.54, 1.807) is 6.07 Å². The van der Waals surface area contributed by atoms with Gasteiger partial charge < -0.3 is 4.42 Å². The number of hydrogen-bond donors (Lipinski definition) is 0. The van der Waals surface area contributed by atoms with Crippen molar-refractivity contribution in [1.29, 1.82) is 0 Å². The Labute approximate surface area is 308 Å². The lowest BCUT2D eigenvalue weighted by molar-refractivity contribution is 0.670. The van der Waals surface area contributed by atoms with Gasteiger partial charge in [-0.05, 0) is 73.6 Å². The van der Waals surface area contributed by atoms with Crippen LogP contribution in [0.25, 0.3) is 111 Å². The third-order valence-electron chi connectivity index (χ3n) is 9.53. The Kier molecular flexibility index (Phi) is 4.09.